The SMILES string of the molecule is [2H]c1c([2H])c([2H])c2c(sc3c2ccc2c3c3ccccc3n2-c2c([2H])c([2H])c3c(c2[2H])c2c([2H])c([2H])c([2H])c([2H])c2n3-c2nc(-c3ccccc3)nc(-c3ccccc3)n2)c1[2H]. The zero-order valence-corrected chi connectivity index (χ0v) is 27.2. The number of para-hydroxylation sites is 2. The molecule has 51 heavy (non-hydrogen) atoms. The second kappa shape index (κ2) is 10.9. The lowest BCUT2D eigenvalue weighted by Gasteiger charge is -2.11. The predicted molar refractivity (Wildman–Crippen MR) is 212 cm³/mol. The van der Waals surface area contributed by atoms with Crippen LogP contribution in [0.1, 0.15) is 15.1 Å². The molecule has 6 heteroatoms. The summed E-state index contributed by atoms with van der Waals surface area (Å²) in [6.45, 7) is 0. The third-order valence-electron chi connectivity index (χ3n) is 9.17. The first-order valence-corrected chi connectivity index (χ1v) is 17.0. The first kappa shape index (κ1) is 19.5. The van der Waals surface area contributed by atoms with Gasteiger partial charge in [0.25, 0.3) is 0 Å². The molecule has 0 bridgehead atoms. The Balaban J connectivity index is 1.29. The van der Waals surface area contributed by atoms with E-state index in [-0.39, 0.29) is 87.4 Å². The number of rotatable bonds is 4. The molecular weight excluding hydrogens is 643 g/mol. The van der Waals surface area contributed by atoms with Crippen LogP contribution < -0.4 is 0 Å². The molecule has 0 saturated heterocycles. The Hall–Kier alpha value is -6.63. The minimum absolute atomic E-state index is 0.00320. The maximum atomic E-state index is 10.0. The molecule has 0 saturated carbocycles. The van der Waals surface area contributed by atoms with Gasteiger partial charge in [0, 0.05) is 58.5 Å². The molecule has 11 rings (SSSR count). The fourth-order valence-electron chi connectivity index (χ4n) is 6.96. The Labute approximate surface area is 311 Å². The largest absolute Gasteiger partial charge is 0.309 e. The lowest BCUT2D eigenvalue weighted by Crippen LogP contribution is -2.06. The highest BCUT2D eigenvalue weighted by Gasteiger charge is 2.21. The van der Waals surface area contributed by atoms with Crippen molar-refractivity contribution < 1.29 is 15.1 Å². The third-order valence-corrected chi connectivity index (χ3v) is 10.3. The summed E-state index contributed by atoms with van der Waals surface area (Å²) in [5, 5.41) is 2.41. The Morgan fingerprint density at radius 2 is 1.14 bits per heavy atom. The summed E-state index contributed by atoms with van der Waals surface area (Å²) in [7, 11) is 0. The summed E-state index contributed by atoms with van der Waals surface area (Å²) in [6, 6.07) is 25.4. The van der Waals surface area contributed by atoms with Gasteiger partial charge in [-0.05, 0) is 42.3 Å². The van der Waals surface area contributed by atoms with Gasteiger partial charge in [0.15, 0.2) is 11.6 Å². The number of thiophene rings is 1. The molecule has 0 atom stereocenters. The lowest BCUT2D eigenvalue weighted by molar-refractivity contribution is 0.953. The molecule has 4 aromatic heterocycles. The molecule has 4 heterocycles. The fourth-order valence-corrected chi connectivity index (χ4v) is 8.12. The van der Waals surface area contributed by atoms with Crippen LogP contribution in [0.5, 0.6) is 0 Å². The van der Waals surface area contributed by atoms with Gasteiger partial charge in [0.2, 0.25) is 5.95 Å². The van der Waals surface area contributed by atoms with Crippen molar-refractivity contribution in [1.82, 2.24) is 24.1 Å². The molecule has 0 aliphatic heterocycles. The highest BCUT2D eigenvalue weighted by atomic mass is 32.1. The summed E-state index contributed by atoms with van der Waals surface area (Å²) in [6.07, 6.45) is 0. The van der Waals surface area contributed by atoms with E-state index in [9.17, 15) is 6.85 Å². The minimum atomic E-state index is -0.534. The topological polar surface area (TPSA) is 48.5 Å². The standard InChI is InChI=1S/C45H27N5S/c1-3-13-28(14-4-1)43-46-44(29-15-5-2-6-16-29)48-45(47-43)50-36-20-10-7-17-31(36)35-27-30(23-25-38(35)50)49-37-21-11-8-19-34(37)41-39(49)26-24-33-32-18-9-12-22-40(32)51-42(33)41/h1-27H/i7D,9D,10D,12D,17D,18D,20D,22D,23D,25D,27D. The second-order valence-electron chi connectivity index (χ2n) is 12.0. The summed E-state index contributed by atoms with van der Waals surface area (Å²) in [4.78, 5) is 14.5. The van der Waals surface area contributed by atoms with Crippen molar-refractivity contribution in [2.45, 2.75) is 0 Å². The molecule has 0 aliphatic carbocycles. The van der Waals surface area contributed by atoms with E-state index in [0.717, 1.165) is 5.39 Å². The molecule has 7 aromatic carbocycles. The molecular formula is C45H27N5S. The summed E-state index contributed by atoms with van der Waals surface area (Å²) in [5.74, 6) is 0.453. The van der Waals surface area contributed by atoms with Gasteiger partial charge in [-0.25, -0.2) is 4.98 Å². The number of aromatic nitrogens is 5. The monoisotopic (exact) mass is 680 g/mol. The number of hydrogen-bond donors (Lipinski definition) is 0. The summed E-state index contributed by atoms with van der Waals surface area (Å²) in [5.41, 5.74) is 2.29. The number of hydrogen-bond acceptors (Lipinski definition) is 4. The van der Waals surface area contributed by atoms with Gasteiger partial charge in [-0.3, -0.25) is 4.57 Å². The number of fused-ring (bicyclic) bond motifs is 10. The van der Waals surface area contributed by atoms with Gasteiger partial charge < -0.3 is 4.57 Å². The maximum absolute atomic E-state index is 10.0. The van der Waals surface area contributed by atoms with Gasteiger partial charge >= 0.3 is 0 Å². The molecule has 0 radical (unpaired) electrons. The zero-order valence-electron chi connectivity index (χ0n) is 37.4. The van der Waals surface area contributed by atoms with Crippen molar-refractivity contribution in [3.8, 4) is 34.4 Å². The maximum Gasteiger partial charge on any atom is 0.238 e. The van der Waals surface area contributed by atoms with Crippen LogP contribution in [-0.2, 0) is 0 Å². The fraction of sp³-hybridized carbons (Fsp3) is 0. The summed E-state index contributed by atoms with van der Waals surface area (Å²) >= 11 is 1.24. The van der Waals surface area contributed by atoms with E-state index < -0.39 is 24.2 Å². The van der Waals surface area contributed by atoms with Crippen LogP contribution in [0.25, 0.3) is 98.2 Å². The van der Waals surface area contributed by atoms with E-state index in [1.54, 1.807) is 16.7 Å². The predicted octanol–water partition coefficient (Wildman–Crippen LogP) is 11.8. The zero-order chi connectivity index (χ0) is 43.0. The van der Waals surface area contributed by atoms with Crippen molar-refractivity contribution >= 4 is 75.1 Å². The molecule has 5 nitrogen and oxygen atoms in total. The van der Waals surface area contributed by atoms with Crippen LogP contribution in [0.15, 0.2) is 164 Å². The Bertz CT molecular complexity index is 3710. The minimum Gasteiger partial charge on any atom is -0.309 e. The Kier molecular flexibility index (Phi) is 4.19. The van der Waals surface area contributed by atoms with E-state index in [1.165, 1.54) is 15.9 Å². The first-order valence-electron chi connectivity index (χ1n) is 21.7. The van der Waals surface area contributed by atoms with Crippen molar-refractivity contribution in [2.75, 3.05) is 0 Å². The lowest BCUT2D eigenvalue weighted by atomic mass is 10.1. The molecule has 0 N–H and O–H groups in total. The molecule has 0 spiro atoms. The molecule has 0 unspecified atom stereocenters. The molecule has 0 aliphatic rings. The van der Waals surface area contributed by atoms with E-state index >= 15 is 0 Å². The Morgan fingerprint density at radius 1 is 0.471 bits per heavy atom. The van der Waals surface area contributed by atoms with Gasteiger partial charge in [0.05, 0.1) is 37.1 Å². The average Bonchev–Trinajstić information content (AvgIpc) is 3.98. The van der Waals surface area contributed by atoms with E-state index in [4.69, 9.17) is 23.2 Å². The van der Waals surface area contributed by atoms with E-state index in [2.05, 4.69) is 0 Å². The van der Waals surface area contributed by atoms with E-state index in [0.29, 0.717) is 47.7 Å². The summed E-state index contributed by atoms with van der Waals surface area (Å²) < 4.78 is 104. The van der Waals surface area contributed by atoms with Crippen LogP contribution in [0.3, 0.4) is 0 Å². The highest BCUT2D eigenvalue weighted by Crippen LogP contribution is 2.44. The van der Waals surface area contributed by atoms with Crippen molar-refractivity contribution in [3.05, 3.63) is 164 Å². The molecule has 0 fully saturated rings. The van der Waals surface area contributed by atoms with E-state index in [1.807, 2.05) is 84.9 Å². The van der Waals surface area contributed by atoms with Crippen molar-refractivity contribution in [3.63, 3.8) is 0 Å². The van der Waals surface area contributed by atoms with Gasteiger partial charge in [-0.15, -0.1) is 11.3 Å². The average molecular weight is 681 g/mol. The van der Waals surface area contributed by atoms with Crippen LogP contribution in [0.4, 0.5) is 0 Å². The van der Waals surface area contributed by atoms with Crippen LogP contribution in [0, 0.1) is 0 Å². The second-order valence-corrected chi connectivity index (χ2v) is 13.0. The van der Waals surface area contributed by atoms with Crippen molar-refractivity contribution in [1.29, 1.82) is 0 Å². The molecule has 0 amide bonds. The number of benzene rings is 7. The van der Waals surface area contributed by atoms with Crippen LogP contribution in [0.2, 0.25) is 0 Å². The Morgan fingerprint density at radius 3 is 1.92 bits per heavy atom. The number of nitrogens with zero attached hydrogens (tertiary/aromatic N) is 5. The van der Waals surface area contributed by atoms with Gasteiger partial charge in [-0.1, -0.05) is 121 Å². The molecule has 11 aromatic rings. The van der Waals surface area contributed by atoms with Gasteiger partial charge in [-0.2, -0.15) is 9.97 Å². The van der Waals surface area contributed by atoms with Crippen molar-refractivity contribution in [2.24, 2.45) is 0 Å². The quantitative estimate of drug-likeness (QED) is 0.186. The normalized spacial score (nSPS) is 14.9. The third kappa shape index (κ3) is 4.24. The van der Waals surface area contributed by atoms with Gasteiger partial charge in [0.1, 0.15) is 0 Å². The van der Waals surface area contributed by atoms with Crippen LogP contribution >= 0.6 is 11.3 Å². The highest BCUT2D eigenvalue weighted by molar-refractivity contribution is 7.26. The van der Waals surface area contributed by atoms with Crippen LogP contribution in [-0.4, -0.2) is 24.1 Å². The molecule has 238 valence electrons. The smallest absolute Gasteiger partial charge is 0.238 e. The first-order chi connectivity index (χ1) is 29.9.